The number of aromatic hydroxyl groups is 5. The van der Waals surface area contributed by atoms with Crippen LogP contribution in [0, 0.1) is 0 Å². The quantitative estimate of drug-likeness (QED) is 0.195. The van der Waals surface area contributed by atoms with Crippen molar-refractivity contribution < 1.29 is 44.2 Å². The number of methoxy groups -OCH3 is 1. The van der Waals surface area contributed by atoms with Crippen LogP contribution in [0.25, 0.3) is 33.4 Å². The van der Waals surface area contributed by atoms with E-state index in [1.54, 1.807) is 30.3 Å². The number of phenols is 5. The average molecular weight is 555 g/mol. The lowest BCUT2D eigenvalue weighted by Crippen LogP contribution is -2.20. The molecular formula is C31H22O10. The molecule has 0 fully saturated rings. The summed E-state index contributed by atoms with van der Waals surface area (Å²) in [6.45, 7) is 0. The summed E-state index contributed by atoms with van der Waals surface area (Å²) in [6, 6.07) is 15.3. The third-order valence-corrected chi connectivity index (χ3v) is 6.96. The highest BCUT2D eigenvalue weighted by atomic mass is 16.5. The van der Waals surface area contributed by atoms with Crippen LogP contribution in [0.3, 0.4) is 0 Å². The zero-order chi connectivity index (χ0) is 29.0. The lowest BCUT2D eigenvalue weighted by Gasteiger charge is -2.27. The van der Waals surface area contributed by atoms with Crippen molar-refractivity contribution in [1.82, 2.24) is 0 Å². The highest BCUT2D eigenvalue weighted by Gasteiger charge is 2.32. The number of phenolic OH excluding ortho intramolecular Hbond substituents is 5. The monoisotopic (exact) mass is 554 g/mol. The van der Waals surface area contributed by atoms with Crippen molar-refractivity contribution in [3.05, 3.63) is 88.1 Å². The van der Waals surface area contributed by atoms with Crippen molar-refractivity contribution in [2.45, 2.75) is 12.5 Å². The third kappa shape index (κ3) is 4.31. The van der Waals surface area contributed by atoms with E-state index in [0.717, 1.165) is 12.1 Å². The molecule has 10 heteroatoms. The molecule has 1 aliphatic heterocycles. The summed E-state index contributed by atoms with van der Waals surface area (Å²) in [7, 11) is 1.42. The number of fused-ring (bicyclic) bond motifs is 2. The van der Waals surface area contributed by atoms with Crippen LogP contribution in [0.5, 0.6) is 40.2 Å². The average Bonchev–Trinajstić information content (AvgIpc) is 2.92. The standard InChI is InChI=1S/C31H22O10/c1-39-24-7-4-15(26-12-22(37)29-19(34)9-17(33)10-27(29)40-26)8-18(24)28-20(35)11-21(36)30-23(38)13-25(41-31(28)30)14-2-5-16(32)6-3-14/h2-11,13,26,32-36H,12H2,1H3. The van der Waals surface area contributed by atoms with Gasteiger partial charge in [-0.25, -0.2) is 0 Å². The second kappa shape index (κ2) is 9.53. The molecular weight excluding hydrogens is 532 g/mol. The number of rotatable bonds is 4. The molecule has 0 aliphatic carbocycles. The first-order chi connectivity index (χ1) is 19.6. The van der Waals surface area contributed by atoms with Gasteiger partial charge in [0.15, 0.2) is 16.8 Å². The summed E-state index contributed by atoms with van der Waals surface area (Å²) in [4.78, 5) is 26.0. The number of Topliss-reactive ketones (excluding diaryl/α,β-unsaturated/α-hetero) is 1. The summed E-state index contributed by atoms with van der Waals surface area (Å²) >= 11 is 0. The van der Waals surface area contributed by atoms with Crippen LogP contribution in [0.1, 0.15) is 28.4 Å². The van der Waals surface area contributed by atoms with E-state index in [4.69, 9.17) is 13.9 Å². The molecule has 4 aromatic carbocycles. The van der Waals surface area contributed by atoms with Gasteiger partial charge in [0.05, 0.1) is 19.1 Å². The molecule has 206 valence electrons. The van der Waals surface area contributed by atoms with E-state index in [1.807, 2.05) is 0 Å². The Morgan fingerprint density at radius 3 is 2.24 bits per heavy atom. The van der Waals surface area contributed by atoms with Crippen molar-refractivity contribution in [3.8, 4) is 62.7 Å². The molecule has 0 saturated carbocycles. The highest BCUT2D eigenvalue weighted by molar-refractivity contribution is 6.03. The summed E-state index contributed by atoms with van der Waals surface area (Å²) in [5.41, 5.74) is 0.565. The number of benzene rings is 4. The van der Waals surface area contributed by atoms with Crippen LogP contribution in [0.15, 0.2) is 75.9 Å². The van der Waals surface area contributed by atoms with Gasteiger partial charge < -0.3 is 39.4 Å². The fraction of sp³-hybridized carbons (Fsp3) is 0.0968. The SMILES string of the molecule is COc1ccc(C2CC(=O)c3c(O)cc(O)cc3O2)cc1-c1c(O)cc(O)c2c(=O)cc(-c3ccc(O)cc3)oc12. The maximum atomic E-state index is 13.2. The predicted molar refractivity (Wildman–Crippen MR) is 147 cm³/mol. The zero-order valence-electron chi connectivity index (χ0n) is 21.4. The first-order valence-electron chi connectivity index (χ1n) is 12.4. The van der Waals surface area contributed by atoms with Gasteiger partial charge in [0.1, 0.15) is 63.1 Å². The van der Waals surface area contributed by atoms with Crippen LogP contribution < -0.4 is 14.9 Å². The summed E-state index contributed by atoms with van der Waals surface area (Å²) in [6.07, 6.45) is -0.953. The second-order valence-corrected chi connectivity index (χ2v) is 9.55. The van der Waals surface area contributed by atoms with Crippen LogP contribution >= 0.6 is 0 Å². The van der Waals surface area contributed by atoms with Gasteiger partial charge in [0, 0.05) is 35.4 Å². The molecule has 1 unspecified atom stereocenters. The predicted octanol–water partition coefficient (Wildman–Crippen LogP) is 5.37. The topological polar surface area (TPSA) is 167 Å². The fourth-order valence-electron chi connectivity index (χ4n) is 5.06. The van der Waals surface area contributed by atoms with E-state index in [2.05, 4.69) is 0 Å². The third-order valence-electron chi connectivity index (χ3n) is 6.96. The number of ketones is 1. The summed E-state index contributed by atoms with van der Waals surface area (Å²) in [5.74, 6) is -1.50. The Hall–Kier alpha value is -5.64. The normalized spacial score (nSPS) is 14.5. The minimum absolute atomic E-state index is 0.0172. The van der Waals surface area contributed by atoms with Crippen LogP contribution in [-0.4, -0.2) is 38.4 Å². The van der Waals surface area contributed by atoms with Crippen molar-refractivity contribution in [2.24, 2.45) is 0 Å². The number of hydrogen-bond acceptors (Lipinski definition) is 10. The Kier molecular flexibility index (Phi) is 5.95. The molecule has 1 atom stereocenters. The minimum atomic E-state index is -0.828. The van der Waals surface area contributed by atoms with Gasteiger partial charge >= 0.3 is 0 Å². The highest BCUT2D eigenvalue weighted by Crippen LogP contribution is 2.47. The van der Waals surface area contributed by atoms with Gasteiger partial charge in [-0.3, -0.25) is 9.59 Å². The molecule has 0 saturated heterocycles. The molecule has 2 heterocycles. The molecule has 5 aromatic rings. The minimum Gasteiger partial charge on any atom is -0.508 e. The number of carbonyl (C=O) groups is 1. The van der Waals surface area contributed by atoms with Crippen LogP contribution in [0.4, 0.5) is 0 Å². The van der Waals surface area contributed by atoms with Crippen molar-refractivity contribution in [1.29, 1.82) is 0 Å². The number of carbonyl (C=O) groups excluding carboxylic acids is 1. The largest absolute Gasteiger partial charge is 0.508 e. The van der Waals surface area contributed by atoms with Gasteiger partial charge in [0.2, 0.25) is 0 Å². The van der Waals surface area contributed by atoms with Gasteiger partial charge in [-0.15, -0.1) is 0 Å². The second-order valence-electron chi connectivity index (χ2n) is 9.55. The van der Waals surface area contributed by atoms with Crippen molar-refractivity contribution in [3.63, 3.8) is 0 Å². The zero-order valence-corrected chi connectivity index (χ0v) is 21.4. The Morgan fingerprint density at radius 1 is 0.780 bits per heavy atom. The molecule has 1 aliphatic rings. The molecule has 1 aromatic heterocycles. The van der Waals surface area contributed by atoms with Crippen molar-refractivity contribution >= 4 is 16.8 Å². The molecule has 0 amide bonds. The Bertz CT molecular complexity index is 1920. The maximum absolute atomic E-state index is 13.2. The Labute approximate surface area is 231 Å². The van der Waals surface area contributed by atoms with E-state index in [-0.39, 0.29) is 68.6 Å². The first-order valence-corrected chi connectivity index (χ1v) is 12.4. The maximum Gasteiger partial charge on any atom is 0.197 e. The van der Waals surface area contributed by atoms with Crippen LogP contribution in [0.2, 0.25) is 0 Å². The van der Waals surface area contributed by atoms with E-state index >= 15 is 0 Å². The first kappa shape index (κ1) is 25.6. The fourth-order valence-corrected chi connectivity index (χ4v) is 5.06. The molecule has 0 bridgehead atoms. The molecule has 41 heavy (non-hydrogen) atoms. The molecule has 5 N–H and O–H groups in total. The van der Waals surface area contributed by atoms with E-state index in [9.17, 15) is 35.1 Å². The Balaban J connectivity index is 1.55. The molecule has 10 nitrogen and oxygen atoms in total. The van der Waals surface area contributed by atoms with Crippen LogP contribution in [-0.2, 0) is 0 Å². The Morgan fingerprint density at radius 2 is 1.51 bits per heavy atom. The number of hydrogen-bond donors (Lipinski definition) is 5. The smallest absolute Gasteiger partial charge is 0.197 e. The van der Waals surface area contributed by atoms with Crippen molar-refractivity contribution in [2.75, 3.05) is 7.11 Å². The van der Waals surface area contributed by atoms with E-state index in [0.29, 0.717) is 11.1 Å². The molecule has 0 radical (unpaired) electrons. The van der Waals surface area contributed by atoms with E-state index in [1.165, 1.54) is 31.4 Å². The lowest BCUT2D eigenvalue weighted by atomic mass is 9.92. The van der Waals surface area contributed by atoms with Gasteiger partial charge in [-0.2, -0.15) is 0 Å². The lowest BCUT2D eigenvalue weighted by molar-refractivity contribution is 0.0845. The summed E-state index contributed by atoms with van der Waals surface area (Å²) < 4.78 is 17.6. The van der Waals surface area contributed by atoms with Gasteiger partial charge in [-0.1, -0.05) is 6.07 Å². The molecule has 6 rings (SSSR count). The summed E-state index contributed by atoms with van der Waals surface area (Å²) in [5, 5.41) is 51.1. The van der Waals surface area contributed by atoms with E-state index < -0.39 is 28.8 Å². The van der Waals surface area contributed by atoms with Gasteiger partial charge in [-0.05, 0) is 42.0 Å². The molecule has 0 spiro atoms. The number of ether oxygens (including phenoxy) is 2. The van der Waals surface area contributed by atoms with Gasteiger partial charge in [0.25, 0.3) is 0 Å².